The molecule has 0 bridgehead atoms. The van der Waals surface area contributed by atoms with Gasteiger partial charge in [0.05, 0.1) is 6.04 Å². The first-order valence-corrected chi connectivity index (χ1v) is 7.92. The van der Waals surface area contributed by atoms with Crippen molar-refractivity contribution in [2.45, 2.75) is 6.04 Å². The van der Waals surface area contributed by atoms with Crippen LogP contribution >= 0.6 is 24.0 Å². The minimum Gasteiger partial charge on any atom is -0.492 e. The molecule has 0 fully saturated rings. The Morgan fingerprint density at radius 1 is 1.08 bits per heavy atom. The molecule has 0 heterocycles. The largest absolute Gasteiger partial charge is 0.492 e. The molecular formula is C18H22Cl2N2O3. The molecule has 0 aliphatic heterocycles. The Bertz CT molecular complexity index is 661. The maximum atomic E-state index is 11.5. The monoisotopic (exact) mass is 384 g/mol. The van der Waals surface area contributed by atoms with Gasteiger partial charge in [-0.3, -0.25) is 0 Å². The molecule has 136 valence electrons. The van der Waals surface area contributed by atoms with E-state index in [0.717, 1.165) is 11.3 Å². The third kappa shape index (κ3) is 6.46. The first-order chi connectivity index (χ1) is 11.5. The fraction of sp³-hybridized carbons (Fsp3) is 0.278. The Morgan fingerprint density at radius 3 is 2.16 bits per heavy atom. The molecule has 25 heavy (non-hydrogen) atoms. The van der Waals surface area contributed by atoms with Gasteiger partial charge in [0.2, 0.25) is 0 Å². The maximum Gasteiger partial charge on any atom is 0.414 e. The number of carbonyl (C=O) groups is 1. The summed E-state index contributed by atoms with van der Waals surface area (Å²) in [6.07, 6.45) is -0.404. The molecule has 2 aromatic rings. The predicted molar refractivity (Wildman–Crippen MR) is 102 cm³/mol. The summed E-state index contributed by atoms with van der Waals surface area (Å²) in [7, 11) is 5.15. The van der Waals surface area contributed by atoms with Crippen molar-refractivity contribution in [1.82, 2.24) is 10.2 Å². The molecule has 1 N–H and O–H groups in total. The van der Waals surface area contributed by atoms with Crippen LogP contribution in [0.2, 0.25) is 5.02 Å². The van der Waals surface area contributed by atoms with E-state index in [1.807, 2.05) is 31.3 Å². The van der Waals surface area contributed by atoms with Crippen molar-refractivity contribution in [2.75, 3.05) is 27.7 Å². The molecule has 0 saturated carbocycles. The lowest BCUT2D eigenvalue weighted by atomic mass is 10.1. The van der Waals surface area contributed by atoms with Gasteiger partial charge in [-0.1, -0.05) is 23.7 Å². The van der Waals surface area contributed by atoms with Crippen LogP contribution in [0.15, 0.2) is 48.5 Å². The predicted octanol–water partition coefficient (Wildman–Crippen LogP) is 4.16. The van der Waals surface area contributed by atoms with Crippen molar-refractivity contribution < 1.29 is 14.3 Å². The highest BCUT2D eigenvalue weighted by Crippen LogP contribution is 2.21. The van der Waals surface area contributed by atoms with E-state index >= 15 is 0 Å². The number of nitrogens with one attached hydrogen (secondary N) is 1. The van der Waals surface area contributed by atoms with E-state index in [0.29, 0.717) is 17.4 Å². The van der Waals surface area contributed by atoms with Crippen LogP contribution in [0.25, 0.3) is 0 Å². The van der Waals surface area contributed by atoms with E-state index in [-0.39, 0.29) is 18.4 Å². The number of likely N-dealkylation sites (N-methyl/N-ethyl adjacent to an activating group) is 1. The zero-order valence-electron chi connectivity index (χ0n) is 14.4. The Hall–Kier alpha value is -1.95. The van der Waals surface area contributed by atoms with E-state index in [2.05, 4.69) is 5.32 Å². The second-order valence-corrected chi connectivity index (χ2v) is 5.87. The molecule has 0 aliphatic carbocycles. The van der Waals surface area contributed by atoms with E-state index in [9.17, 15) is 4.79 Å². The van der Waals surface area contributed by atoms with Crippen LogP contribution < -0.4 is 14.8 Å². The summed E-state index contributed by atoms with van der Waals surface area (Å²) in [5.74, 6) is 1.27. The topological polar surface area (TPSA) is 50.8 Å². The van der Waals surface area contributed by atoms with Gasteiger partial charge in [-0.25, -0.2) is 4.79 Å². The van der Waals surface area contributed by atoms with Crippen LogP contribution in [-0.2, 0) is 0 Å². The van der Waals surface area contributed by atoms with Crippen LogP contribution in [0.5, 0.6) is 11.5 Å². The Morgan fingerprint density at radius 2 is 1.64 bits per heavy atom. The van der Waals surface area contributed by atoms with Gasteiger partial charge in [0, 0.05) is 19.1 Å². The van der Waals surface area contributed by atoms with Crippen molar-refractivity contribution in [3.63, 3.8) is 0 Å². The molecule has 0 saturated heterocycles. The van der Waals surface area contributed by atoms with Gasteiger partial charge >= 0.3 is 6.09 Å². The zero-order valence-corrected chi connectivity index (χ0v) is 15.9. The highest BCUT2D eigenvalue weighted by atomic mass is 35.5. The minimum atomic E-state index is -0.404. The average Bonchev–Trinajstić information content (AvgIpc) is 2.58. The molecule has 0 spiro atoms. The summed E-state index contributed by atoms with van der Waals surface area (Å²) < 4.78 is 11.0. The molecular weight excluding hydrogens is 363 g/mol. The van der Waals surface area contributed by atoms with E-state index in [4.69, 9.17) is 21.1 Å². The van der Waals surface area contributed by atoms with Gasteiger partial charge in [0.1, 0.15) is 18.1 Å². The molecule has 1 atom stereocenters. The minimum absolute atomic E-state index is 0. The number of carbonyl (C=O) groups excluding carboxylic acids is 1. The molecule has 0 radical (unpaired) electrons. The quantitative estimate of drug-likeness (QED) is 0.811. The standard InChI is InChI=1S/C18H21ClN2O3.ClH/c1-20-17(12-23-15-10-6-14(19)7-11-15)13-4-8-16(9-5-13)24-18(22)21(2)3;/h4-11,17,20H,12H2,1-3H3;1H. The maximum absolute atomic E-state index is 11.5. The molecule has 7 heteroatoms. The number of hydrogen-bond donors (Lipinski definition) is 1. The first-order valence-electron chi connectivity index (χ1n) is 7.54. The highest BCUT2D eigenvalue weighted by molar-refractivity contribution is 6.30. The summed E-state index contributed by atoms with van der Waals surface area (Å²) in [5.41, 5.74) is 1.04. The number of hydrogen-bond acceptors (Lipinski definition) is 4. The summed E-state index contributed by atoms with van der Waals surface area (Å²) in [6, 6.07) is 14.6. The number of benzene rings is 2. The van der Waals surface area contributed by atoms with Crippen LogP contribution in [0.1, 0.15) is 11.6 Å². The lowest BCUT2D eigenvalue weighted by Gasteiger charge is -2.18. The first kappa shape index (κ1) is 21.1. The van der Waals surface area contributed by atoms with Crippen molar-refractivity contribution in [2.24, 2.45) is 0 Å². The summed E-state index contributed by atoms with van der Waals surface area (Å²) in [4.78, 5) is 12.9. The number of nitrogens with zero attached hydrogens (tertiary/aromatic N) is 1. The Balaban J connectivity index is 0.00000312. The zero-order chi connectivity index (χ0) is 17.5. The molecule has 1 amide bonds. The van der Waals surface area contributed by atoms with Crippen molar-refractivity contribution in [3.8, 4) is 11.5 Å². The van der Waals surface area contributed by atoms with Gasteiger partial charge in [-0.2, -0.15) is 0 Å². The average molecular weight is 385 g/mol. The van der Waals surface area contributed by atoms with Crippen molar-refractivity contribution >= 4 is 30.1 Å². The van der Waals surface area contributed by atoms with E-state index in [1.54, 1.807) is 38.4 Å². The molecule has 1 unspecified atom stereocenters. The van der Waals surface area contributed by atoms with Crippen molar-refractivity contribution in [1.29, 1.82) is 0 Å². The third-order valence-corrected chi connectivity index (χ3v) is 3.68. The lowest BCUT2D eigenvalue weighted by Crippen LogP contribution is -2.25. The van der Waals surface area contributed by atoms with Crippen LogP contribution in [0.3, 0.4) is 0 Å². The molecule has 0 aromatic heterocycles. The summed E-state index contributed by atoms with van der Waals surface area (Å²) >= 11 is 5.86. The smallest absolute Gasteiger partial charge is 0.414 e. The molecule has 2 rings (SSSR count). The normalized spacial score (nSPS) is 11.2. The Kier molecular flexibility index (Phi) is 8.55. The van der Waals surface area contributed by atoms with Gasteiger partial charge in [-0.15, -0.1) is 12.4 Å². The van der Waals surface area contributed by atoms with Gasteiger partial charge < -0.3 is 19.7 Å². The van der Waals surface area contributed by atoms with Crippen LogP contribution in [0, 0.1) is 0 Å². The van der Waals surface area contributed by atoms with E-state index in [1.165, 1.54) is 4.90 Å². The number of ether oxygens (including phenoxy) is 2. The van der Waals surface area contributed by atoms with Gasteiger partial charge in [-0.05, 0) is 49.0 Å². The molecule has 0 aliphatic rings. The Labute approximate surface area is 159 Å². The van der Waals surface area contributed by atoms with Crippen LogP contribution in [0.4, 0.5) is 4.79 Å². The second kappa shape index (κ2) is 10.1. The second-order valence-electron chi connectivity index (χ2n) is 5.44. The summed E-state index contributed by atoms with van der Waals surface area (Å²) in [5, 5.41) is 3.89. The number of amides is 1. The van der Waals surface area contributed by atoms with Gasteiger partial charge in [0.15, 0.2) is 0 Å². The van der Waals surface area contributed by atoms with Crippen molar-refractivity contribution in [3.05, 3.63) is 59.1 Å². The molecule has 5 nitrogen and oxygen atoms in total. The molecule has 2 aromatic carbocycles. The fourth-order valence-corrected chi connectivity index (χ4v) is 2.14. The van der Waals surface area contributed by atoms with Gasteiger partial charge in [0.25, 0.3) is 0 Å². The SMILES string of the molecule is CNC(COc1ccc(Cl)cc1)c1ccc(OC(=O)N(C)C)cc1.Cl. The highest BCUT2D eigenvalue weighted by Gasteiger charge is 2.12. The summed E-state index contributed by atoms with van der Waals surface area (Å²) in [6.45, 7) is 0.467. The van der Waals surface area contributed by atoms with Crippen LogP contribution in [-0.4, -0.2) is 38.7 Å². The number of halogens is 2. The number of rotatable bonds is 6. The fourth-order valence-electron chi connectivity index (χ4n) is 2.02. The lowest BCUT2D eigenvalue weighted by molar-refractivity contribution is 0.172. The third-order valence-electron chi connectivity index (χ3n) is 3.43. The van der Waals surface area contributed by atoms with E-state index < -0.39 is 6.09 Å².